The second-order valence-electron chi connectivity index (χ2n) is 10.1. The fraction of sp³-hybridized carbons (Fsp3) is 0.360. The summed E-state index contributed by atoms with van der Waals surface area (Å²) in [4.78, 5) is 29.7. The lowest BCUT2D eigenvalue weighted by Gasteiger charge is -2.25. The molecule has 240 valence electrons. The van der Waals surface area contributed by atoms with Crippen LogP contribution in [0.3, 0.4) is 0 Å². The number of nitrogens with zero attached hydrogens (tertiary/aromatic N) is 6. The van der Waals surface area contributed by atoms with Crippen molar-refractivity contribution in [3.8, 4) is 17.3 Å². The summed E-state index contributed by atoms with van der Waals surface area (Å²) in [6.07, 6.45) is -14.3. The number of hydrogen-bond acceptors (Lipinski definition) is 9. The maximum absolute atomic E-state index is 13.7. The number of carbonyl (C=O) groups excluding carboxylic acids is 1. The van der Waals surface area contributed by atoms with Gasteiger partial charge in [0.25, 0.3) is 0 Å². The number of hydrogen-bond donors (Lipinski definition) is 4. The quantitative estimate of drug-likeness (QED) is 0.197. The molecule has 0 bridgehead atoms. The van der Waals surface area contributed by atoms with Gasteiger partial charge >= 0.3 is 18.3 Å². The van der Waals surface area contributed by atoms with Crippen molar-refractivity contribution >= 4 is 34.8 Å². The van der Waals surface area contributed by atoms with Crippen molar-refractivity contribution in [3.63, 3.8) is 0 Å². The van der Waals surface area contributed by atoms with Crippen LogP contribution in [0, 0.1) is 0 Å². The first-order valence-electron chi connectivity index (χ1n) is 12.7. The van der Waals surface area contributed by atoms with Crippen molar-refractivity contribution in [3.05, 3.63) is 52.6 Å². The molecule has 1 aliphatic rings. The molecular formula is C25H19ClF8N8O3. The summed E-state index contributed by atoms with van der Waals surface area (Å²) >= 11 is 5.89. The zero-order valence-electron chi connectivity index (χ0n) is 22.5. The lowest BCUT2D eigenvalue weighted by Crippen LogP contribution is -2.36. The van der Waals surface area contributed by atoms with Crippen LogP contribution < -0.4 is 10.6 Å². The molecule has 1 aromatic carbocycles. The van der Waals surface area contributed by atoms with Gasteiger partial charge in [-0.25, -0.2) is 24.5 Å². The molecule has 0 fully saturated rings. The largest absolute Gasteiger partial charge is 0.506 e. The number of aromatic hydroxyl groups is 1. The number of benzene rings is 1. The first-order valence-corrected chi connectivity index (χ1v) is 13.1. The monoisotopic (exact) mass is 666 g/mol. The minimum absolute atomic E-state index is 0.0578. The first-order chi connectivity index (χ1) is 20.8. The van der Waals surface area contributed by atoms with Crippen molar-refractivity contribution < 1.29 is 50.1 Å². The molecule has 20 heteroatoms. The summed E-state index contributed by atoms with van der Waals surface area (Å²) in [7, 11) is 0. The minimum atomic E-state index is -5.83. The van der Waals surface area contributed by atoms with Crippen LogP contribution in [0.1, 0.15) is 30.2 Å². The molecule has 2 atom stereocenters. The average Bonchev–Trinajstić information content (AvgIpc) is 3.53. The third-order valence-corrected chi connectivity index (χ3v) is 7.43. The van der Waals surface area contributed by atoms with E-state index in [9.17, 15) is 50.1 Å². The Morgan fingerprint density at radius 2 is 1.82 bits per heavy atom. The third kappa shape index (κ3) is 5.76. The van der Waals surface area contributed by atoms with Gasteiger partial charge in [0.15, 0.2) is 17.6 Å². The number of phenols is 1. The second-order valence-corrected chi connectivity index (χ2v) is 10.5. The van der Waals surface area contributed by atoms with Gasteiger partial charge in [0.1, 0.15) is 34.8 Å². The average molecular weight is 667 g/mol. The number of fused-ring (bicyclic) bond motifs is 2. The van der Waals surface area contributed by atoms with Gasteiger partial charge in [-0.15, -0.1) is 0 Å². The van der Waals surface area contributed by atoms with E-state index in [1.54, 1.807) is 0 Å². The Kier molecular flexibility index (Phi) is 7.75. The molecule has 45 heavy (non-hydrogen) atoms. The maximum Gasteiger partial charge on any atom is 0.453 e. The molecule has 1 amide bonds. The molecule has 3 aromatic heterocycles. The Labute approximate surface area is 251 Å². The number of alkyl halides is 8. The Morgan fingerprint density at radius 1 is 1.11 bits per heavy atom. The van der Waals surface area contributed by atoms with Crippen LogP contribution in [-0.2, 0) is 16.6 Å². The number of halogens is 9. The summed E-state index contributed by atoms with van der Waals surface area (Å²) in [6.45, 7) is 0.222. The van der Waals surface area contributed by atoms with E-state index in [0.717, 1.165) is 23.1 Å². The predicted molar refractivity (Wildman–Crippen MR) is 140 cm³/mol. The zero-order valence-corrected chi connectivity index (χ0v) is 23.2. The van der Waals surface area contributed by atoms with Gasteiger partial charge in [0.05, 0.1) is 29.0 Å². The number of phenolic OH excluding ortho intramolecular Hbond substituents is 1. The number of amides is 1. The van der Waals surface area contributed by atoms with Crippen LogP contribution >= 0.6 is 11.6 Å². The SMILES string of the molecule is C[C@]1(c2ccc(Cl)c(O)c2)C(=O)Nc2nc(-c3cn4ncnc4c(CCC(F)(F)C(F)(F)F)n3)nc(NC[C@@H](O)C(F)(F)F)c21. The molecule has 0 unspecified atom stereocenters. The number of rotatable bonds is 8. The van der Waals surface area contributed by atoms with Gasteiger partial charge < -0.3 is 20.8 Å². The summed E-state index contributed by atoms with van der Waals surface area (Å²) in [5.74, 6) is -7.28. The van der Waals surface area contributed by atoms with Crippen molar-refractivity contribution in [2.24, 2.45) is 0 Å². The summed E-state index contributed by atoms with van der Waals surface area (Å²) in [6, 6.07) is 3.81. The lowest BCUT2D eigenvalue weighted by molar-refractivity contribution is -0.284. The molecule has 1 aliphatic heterocycles. The fourth-order valence-electron chi connectivity index (χ4n) is 4.61. The maximum atomic E-state index is 13.7. The van der Waals surface area contributed by atoms with Crippen LogP contribution in [0.4, 0.5) is 46.8 Å². The number of aliphatic hydroxyl groups excluding tert-OH is 1. The molecule has 4 aromatic rings. The van der Waals surface area contributed by atoms with Crippen LogP contribution in [0.25, 0.3) is 17.2 Å². The van der Waals surface area contributed by atoms with E-state index in [0.29, 0.717) is 0 Å². The van der Waals surface area contributed by atoms with Gasteiger partial charge in [0, 0.05) is 6.42 Å². The summed E-state index contributed by atoms with van der Waals surface area (Å²) < 4.78 is 106. The van der Waals surface area contributed by atoms with Crippen LogP contribution in [-0.4, -0.2) is 76.6 Å². The van der Waals surface area contributed by atoms with Gasteiger partial charge in [0.2, 0.25) is 5.91 Å². The van der Waals surface area contributed by atoms with E-state index in [1.807, 2.05) is 0 Å². The van der Waals surface area contributed by atoms with E-state index in [2.05, 4.69) is 35.7 Å². The van der Waals surface area contributed by atoms with E-state index in [-0.39, 0.29) is 39.0 Å². The van der Waals surface area contributed by atoms with Gasteiger partial charge in [-0.1, -0.05) is 17.7 Å². The fourth-order valence-corrected chi connectivity index (χ4v) is 4.72. The van der Waals surface area contributed by atoms with E-state index < -0.39 is 72.5 Å². The zero-order chi connectivity index (χ0) is 33.1. The highest BCUT2D eigenvalue weighted by atomic mass is 35.5. The Hall–Kier alpha value is -4.39. The topological polar surface area (TPSA) is 150 Å². The lowest BCUT2D eigenvalue weighted by atomic mass is 9.77. The molecule has 0 saturated heterocycles. The number of nitrogens with one attached hydrogen (secondary N) is 2. The molecule has 4 heterocycles. The molecule has 5 rings (SSSR count). The number of aryl methyl sites for hydroxylation is 1. The Bertz CT molecular complexity index is 1800. The number of carbonyl (C=O) groups is 1. The third-order valence-electron chi connectivity index (χ3n) is 7.11. The summed E-state index contributed by atoms with van der Waals surface area (Å²) in [5.41, 5.74) is -2.50. The van der Waals surface area contributed by atoms with Crippen LogP contribution in [0.15, 0.2) is 30.7 Å². The Morgan fingerprint density at radius 3 is 2.47 bits per heavy atom. The van der Waals surface area contributed by atoms with Crippen molar-refractivity contribution in [2.75, 3.05) is 17.2 Å². The molecule has 4 N–H and O–H groups in total. The number of aliphatic hydroxyl groups is 1. The molecule has 0 spiro atoms. The standard InChI is InChI=1S/C25H19ClF8N8O3/c1-22(10-2-3-11(26)14(43)6-10)16-18(35-7-15(44)24(29,30)31)39-17(40-19(16)41-21(22)45)13-8-42-20(36-9-37-42)12(38-13)4-5-23(27,28)25(32,33)34/h2-3,6,8-9,15,43-44H,4-5,7H2,1H3,(H2,35,39,40,41,45)/t15-,22-/m1/s1. The molecular weight excluding hydrogens is 648 g/mol. The van der Waals surface area contributed by atoms with Gasteiger partial charge in [-0.05, 0) is 31.0 Å². The highest BCUT2D eigenvalue weighted by Gasteiger charge is 2.56. The van der Waals surface area contributed by atoms with Crippen molar-refractivity contribution in [1.82, 2.24) is 29.5 Å². The molecule has 0 saturated carbocycles. The molecule has 0 radical (unpaired) electrons. The van der Waals surface area contributed by atoms with Gasteiger partial charge in [-0.2, -0.15) is 40.2 Å². The highest BCUT2D eigenvalue weighted by molar-refractivity contribution is 6.32. The van der Waals surface area contributed by atoms with E-state index >= 15 is 0 Å². The van der Waals surface area contributed by atoms with E-state index in [4.69, 9.17) is 11.6 Å². The van der Waals surface area contributed by atoms with E-state index in [1.165, 1.54) is 19.1 Å². The normalized spacial score (nSPS) is 17.8. The predicted octanol–water partition coefficient (Wildman–Crippen LogP) is 4.66. The Balaban J connectivity index is 1.64. The molecule has 11 nitrogen and oxygen atoms in total. The van der Waals surface area contributed by atoms with Crippen molar-refractivity contribution in [1.29, 1.82) is 0 Å². The number of anilines is 2. The van der Waals surface area contributed by atoms with Crippen LogP contribution in [0.5, 0.6) is 5.75 Å². The van der Waals surface area contributed by atoms with Crippen molar-refractivity contribution in [2.45, 2.75) is 49.6 Å². The minimum Gasteiger partial charge on any atom is -0.506 e. The second kappa shape index (κ2) is 10.9. The smallest absolute Gasteiger partial charge is 0.453 e. The molecule has 0 aliphatic carbocycles. The number of aromatic nitrogens is 6. The first kappa shape index (κ1) is 32.0. The highest BCUT2D eigenvalue weighted by Crippen LogP contribution is 2.47. The van der Waals surface area contributed by atoms with Crippen LogP contribution in [0.2, 0.25) is 5.02 Å². The summed E-state index contributed by atoms with van der Waals surface area (Å²) in [5, 5.41) is 28.4. The van der Waals surface area contributed by atoms with Gasteiger partial charge in [-0.3, -0.25) is 4.79 Å².